The molecule has 3 aromatic rings. The van der Waals surface area contributed by atoms with Gasteiger partial charge in [0.05, 0.1) is 4.92 Å². The van der Waals surface area contributed by atoms with Gasteiger partial charge < -0.3 is 9.80 Å². The van der Waals surface area contributed by atoms with Crippen LogP contribution < -0.4 is 4.90 Å². The Hall–Kier alpha value is -3.74. The third-order valence-corrected chi connectivity index (χ3v) is 6.85. The van der Waals surface area contributed by atoms with E-state index in [2.05, 4.69) is 56.2 Å². The number of hydrogen-bond acceptors (Lipinski definition) is 6. The third kappa shape index (κ3) is 5.04. The van der Waals surface area contributed by atoms with Crippen LogP contribution in [0.2, 0.25) is 0 Å². The molecule has 0 unspecified atom stereocenters. The number of piperidine rings is 1. The zero-order valence-corrected chi connectivity index (χ0v) is 20.2. The van der Waals surface area contributed by atoms with Crippen LogP contribution in [-0.2, 0) is 0 Å². The van der Waals surface area contributed by atoms with Crippen molar-refractivity contribution in [2.24, 2.45) is 0 Å². The Kier molecular flexibility index (Phi) is 6.75. The minimum Gasteiger partial charge on any atom is -0.371 e. The van der Waals surface area contributed by atoms with E-state index in [0.717, 1.165) is 75.1 Å². The van der Waals surface area contributed by atoms with Gasteiger partial charge in [-0.05, 0) is 61.8 Å². The van der Waals surface area contributed by atoms with Crippen LogP contribution in [0.25, 0.3) is 22.9 Å². The van der Waals surface area contributed by atoms with Crippen molar-refractivity contribution in [3.63, 3.8) is 0 Å². The summed E-state index contributed by atoms with van der Waals surface area (Å²) >= 11 is 0. The number of aryl methyl sites for hydroxylation is 1. The number of nitrogens with zero attached hydrogens (tertiary/aromatic N) is 5. The Morgan fingerprint density at radius 3 is 2.14 bits per heavy atom. The molecule has 0 saturated carbocycles. The molecule has 5 rings (SSSR count). The van der Waals surface area contributed by atoms with E-state index in [1.807, 2.05) is 31.2 Å². The van der Waals surface area contributed by atoms with Crippen LogP contribution in [0.3, 0.4) is 0 Å². The topological polar surface area (TPSA) is 75.4 Å². The number of hydrogen-bond donors (Lipinski definition) is 0. The highest BCUT2D eigenvalue weighted by Crippen LogP contribution is 2.35. The summed E-state index contributed by atoms with van der Waals surface area (Å²) in [5, 5.41) is 12.3. The smallest absolute Gasteiger partial charge is 0.337 e. The predicted octanol–water partition coefficient (Wildman–Crippen LogP) is 5.94. The molecular formula is C28H31N5O2. The standard InChI is InChI=1S/C28H31N5O2/c1-21-29-25(27(33(34)35)28(30-21)32-18-6-3-7-19-32)20-26(31-16-8-9-17-31)24-14-12-23(13-15-24)22-10-4-2-5-11-22/h2,4-5,10-15,20H,3,6-9,16-19H2,1H3/b26-20-. The van der Waals surface area contributed by atoms with Gasteiger partial charge in [0.25, 0.3) is 0 Å². The summed E-state index contributed by atoms with van der Waals surface area (Å²) in [6.45, 7) is 5.27. The molecule has 0 bridgehead atoms. The van der Waals surface area contributed by atoms with E-state index >= 15 is 0 Å². The highest BCUT2D eigenvalue weighted by atomic mass is 16.6. The number of nitro groups is 1. The monoisotopic (exact) mass is 469 g/mol. The molecule has 0 N–H and O–H groups in total. The SMILES string of the molecule is Cc1nc(/C=C(/c2ccc(-c3ccccc3)cc2)N2CCCC2)c([N+](=O)[O-])c(N2CCCCC2)n1. The largest absolute Gasteiger partial charge is 0.371 e. The van der Waals surface area contributed by atoms with Crippen LogP contribution in [0.15, 0.2) is 54.6 Å². The maximum absolute atomic E-state index is 12.3. The van der Waals surface area contributed by atoms with E-state index in [-0.39, 0.29) is 10.6 Å². The zero-order chi connectivity index (χ0) is 24.2. The average molecular weight is 470 g/mol. The van der Waals surface area contributed by atoms with E-state index in [1.54, 1.807) is 0 Å². The fourth-order valence-corrected chi connectivity index (χ4v) is 5.08. The number of rotatable bonds is 6. The highest BCUT2D eigenvalue weighted by molar-refractivity contribution is 5.84. The van der Waals surface area contributed by atoms with E-state index in [0.29, 0.717) is 17.3 Å². The van der Waals surface area contributed by atoms with Gasteiger partial charge in [0.15, 0.2) is 0 Å². The Bertz CT molecular complexity index is 1210. The first-order valence-electron chi connectivity index (χ1n) is 12.5. The minimum atomic E-state index is -0.310. The van der Waals surface area contributed by atoms with Crippen molar-refractivity contribution in [1.82, 2.24) is 14.9 Å². The predicted molar refractivity (Wildman–Crippen MR) is 140 cm³/mol. The summed E-state index contributed by atoms with van der Waals surface area (Å²) in [6, 6.07) is 18.7. The van der Waals surface area contributed by atoms with Crippen molar-refractivity contribution in [3.8, 4) is 11.1 Å². The molecule has 7 nitrogen and oxygen atoms in total. The fourth-order valence-electron chi connectivity index (χ4n) is 5.08. The molecule has 180 valence electrons. The van der Waals surface area contributed by atoms with Gasteiger partial charge in [-0.3, -0.25) is 10.1 Å². The molecule has 2 aliphatic rings. The lowest BCUT2D eigenvalue weighted by Crippen LogP contribution is -2.31. The Morgan fingerprint density at radius 2 is 1.49 bits per heavy atom. The van der Waals surface area contributed by atoms with E-state index < -0.39 is 0 Å². The molecule has 2 aromatic carbocycles. The number of benzene rings is 2. The first kappa shape index (κ1) is 23.0. The molecule has 0 atom stereocenters. The van der Waals surface area contributed by atoms with E-state index in [9.17, 15) is 10.1 Å². The Labute approximate surface area is 206 Å². The van der Waals surface area contributed by atoms with Crippen LogP contribution in [0.4, 0.5) is 11.5 Å². The summed E-state index contributed by atoms with van der Waals surface area (Å²) < 4.78 is 0. The van der Waals surface area contributed by atoms with Gasteiger partial charge in [0.1, 0.15) is 11.5 Å². The normalized spacial score (nSPS) is 16.5. The molecule has 2 fully saturated rings. The lowest BCUT2D eigenvalue weighted by atomic mass is 10.0. The summed E-state index contributed by atoms with van der Waals surface area (Å²) in [5.74, 6) is 1.01. The summed E-state index contributed by atoms with van der Waals surface area (Å²) in [7, 11) is 0. The number of likely N-dealkylation sites (tertiary alicyclic amines) is 1. The van der Waals surface area contributed by atoms with Gasteiger partial charge in [-0.1, -0.05) is 54.6 Å². The van der Waals surface area contributed by atoms with Crippen molar-refractivity contribution in [2.75, 3.05) is 31.1 Å². The summed E-state index contributed by atoms with van der Waals surface area (Å²) in [6.07, 6.45) is 7.34. The molecule has 0 radical (unpaired) electrons. The first-order chi connectivity index (χ1) is 17.1. The molecule has 3 heterocycles. The van der Waals surface area contributed by atoms with Crippen molar-refractivity contribution in [2.45, 2.75) is 39.0 Å². The summed E-state index contributed by atoms with van der Waals surface area (Å²) in [4.78, 5) is 25.5. The van der Waals surface area contributed by atoms with Crippen molar-refractivity contribution >= 4 is 23.3 Å². The Balaban J connectivity index is 1.59. The molecule has 1 aromatic heterocycles. The second-order valence-electron chi connectivity index (χ2n) is 9.30. The van der Waals surface area contributed by atoms with Crippen LogP contribution in [0.1, 0.15) is 49.2 Å². The minimum absolute atomic E-state index is 0.00935. The molecule has 2 aliphatic heterocycles. The molecule has 35 heavy (non-hydrogen) atoms. The number of aromatic nitrogens is 2. The molecule has 0 spiro atoms. The van der Waals surface area contributed by atoms with E-state index in [4.69, 9.17) is 0 Å². The van der Waals surface area contributed by atoms with Gasteiger partial charge in [0, 0.05) is 31.9 Å². The van der Waals surface area contributed by atoms with Crippen LogP contribution in [0, 0.1) is 17.0 Å². The van der Waals surface area contributed by atoms with E-state index in [1.165, 1.54) is 5.56 Å². The number of anilines is 1. The van der Waals surface area contributed by atoms with Gasteiger partial charge in [-0.25, -0.2) is 9.97 Å². The van der Waals surface area contributed by atoms with Gasteiger partial charge >= 0.3 is 5.69 Å². The van der Waals surface area contributed by atoms with Crippen molar-refractivity contribution in [3.05, 3.63) is 81.8 Å². The van der Waals surface area contributed by atoms with Gasteiger partial charge in [-0.2, -0.15) is 0 Å². The lowest BCUT2D eigenvalue weighted by Gasteiger charge is -2.28. The molecule has 0 amide bonds. The van der Waals surface area contributed by atoms with Crippen molar-refractivity contribution < 1.29 is 4.92 Å². The van der Waals surface area contributed by atoms with Gasteiger partial charge in [0.2, 0.25) is 5.82 Å². The third-order valence-electron chi connectivity index (χ3n) is 6.85. The lowest BCUT2D eigenvalue weighted by molar-refractivity contribution is -0.384. The molecule has 0 aliphatic carbocycles. The van der Waals surface area contributed by atoms with Crippen LogP contribution >= 0.6 is 0 Å². The molecular weight excluding hydrogens is 438 g/mol. The maximum atomic E-state index is 12.3. The summed E-state index contributed by atoms with van der Waals surface area (Å²) in [5.41, 5.74) is 4.72. The maximum Gasteiger partial charge on any atom is 0.337 e. The quantitative estimate of drug-likeness (QED) is 0.328. The average Bonchev–Trinajstić information content (AvgIpc) is 3.43. The molecule has 7 heteroatoms. The Morgan fingerprint density at radius 1 is 0.857 bits per heavy atom. The van der Waals surface area contributed by atoms with Crippen LogP contribution in [-0.4, -0.2) is 46.0 Å². The highest BCUT2D eigenvalue weighted by Gasteiger charge is 2.29. The fraction of sp³-hybridized carbons (Fsp3) is 0.357. The van der Waals surface area contributed by atoms with Gasteiger partial charge in [-0.15, -0.1) is 0 Å². The van der Waals surface area contributed by atoms with Crippen LogP contribution in [0.5, 0.6) is 0 Å². The first-order valence-corrected chi connectivity index (χ1v) is 12.5. The second-order valence-corrected chi connectivity index (χ2v) is 9.30. The van der Waals surface area contributed by atoms with Crippen molar-refractivity contribution in [1.29, 1.82) is 0 Å². The second kappa shape index (κ2) is 10.3. The zero-order valence-electron chi connectivity index (χ0n) is 20.2. The molecule has 2 saturated heterocycles.